The summed E-state index contributed by atoms with van der Waals surface area (Å²) in [5.41, 5.74) is 1.49. The van der Waals surface area contributed by atoms with E-state index < -0.39 is 10.0 Å². The van der Waals surface area contributed by atoms with E-state index in [-0.39, 0.29) is 10.7 Å². The lowest BCUT2D eigenvalue weighted by Gasteiger charge is -2.10. The van der Waals surface area contributed by atoms with E-state index >= 15 is 0 Å². The van der Waals surface area contributed by atoms with Crippen molar-refractivity contribution in [2.45, 2.75) is 4.90 Å². The normalized spacial score (nSPS) is 11.3. The zero-order chi connectivity index (χ0) is 19.6. The van der Waals surface area contributed by atoms with Gasteiger partial charge in [0, 0.05) is 16.8 Å². The summed E-state index contributed by atoms with van der Waals surface area (Å²) < 4.78 is 28.0. The molecule has 0 saturated heterocycles. The van der Waals surface area contributed by atoms with Crippen LogP contribution >= 0.6 is 0 Å². The molecule has 0 heterocycles. The Balaban J connectivity index is 1.57. The van der Waals surface area contributed by atoms with E-state index in [1.165, 1.54) is 0 Å². The Bertz CT molecular complexity index is 1250. The Morgan fingerprint density at radius 3 is 1.96 bits per heavy atom. The standard InChI is InChI=1S/C23H17NO3S/c25-23(18-7-2-1-3-8-18)19-10-13-21(14-11-19)24-28(26,27)22-15-12-17-6-4-5-9-20(17)16-22/h1-16,24H. The van der Waals surface area contributed by atoms with Crippen molar-refractivity contribution in [2.75, 3.05) is 4.72 Å². The molecule has 0 saturated carbocycles. The summed E-state index contributed by atoms with van der Waals surface area (Å²) in [6.07, 6.45) is 0. The van der Waals surface area contributed by atoms with Crippen molar-refractivity contribution in [3.63, 3.8) is 0 Å². The molecule has 0 bridgehead atoms. The molecule has 138 valence electrons. The summed E-state index contributed by atoms with van der Waals surface area (Å²) in [5, 5.41) is 1.83. The minimum absolute atomic E-state index is 0.107. The number of ketones is 1. The molecule has 1 N–H and O–H groups in total. The van der Waals surface area contributed by atoms with Gasteiger partial charge >= 0.3 is 0 Å². The number of anilines is 1. The SMILES string of the molecule is O=C(c1ccccc1)c1ccc(NS(=O)(=O)c2ccc3ccccc3c2)cc1. The number of benzene rings is 4. The van der Waals surface area contributed by atoms with Crippen molar-refractivity contribution >= 4 is 32.3 Å². The van der Waals surface area contributed by atoms with E-state index in [4.69, 9.17) is 0 Å². The van der Waals surface area contributed by atoms with Gasteiger partial charge in [-0.3, -0.25) is 9.52 Å². The summed E-state index contributed by atoms with van der Waals surface area (Å²) >= 11 is 0. The first-order valence-electron chi connectivity index (χ1n) is 8.74. The smallest absolute Gasteiger partial charge is 0.261 e. The quantitative estimate of drug-likeness (QED) is 0.497. The number of sulfonamides is 1. The largest absolute Gasteiger partial charge is 0.289 e. The molecular formula is C23H17NO3S. The number of rotatable bonds is 5. The Labute approximate surface area is 163 Å². The number of hydrogen-bond donors (Lipinski definition) is 1. The minimum atomic E-state index is -3.72. The lowest BCUT2D eigenvalue weighted by atomic mass is 10.0. The molecule has 4 aromatic rings. The molecule has 0 atom stereocenters. The highest BCUT2D eigenvalue weighted by Crippen LogP contribution is 2.22. The minimum Gasteiger partial charge on any atom is -0.289 e. The summed E-state index contributed by atoms with van der Waals surface area (Å²) in [6.45, 7) is 0. The van der Waals surface area contributed by atoms with E-state index in [0.29, 0.717) is 16.8 Å². The molecule has 0 aliphatic carbocycles. The maximum Gasteiger partial charge on any atom is 0.261 e. The van der Waals surface area contributed by atoms with Crippen LogP contribution in [-0.2, 0) is 10.0 Å². The third-order valence-corrected chi connectivity index (χ3v) is 5.85. The van der Waals surface area contributed by atoms with E-state index in [1.54, 1.807) is 66.7 Å². The summed E-state index contributed by atoms with van der Waals surface area (Å²) in [7, 11) is -3.72. The van der Waals surface area contributed by atoms with Gasteiger partial charge in [-0.15, -0.1) is 0 Å². The highest BCUT2D eigenvalue weighted by molar-refractivity contribution is 7.92. The third-order valence-electron chi connectivity index (χ3n) is 4.47. The molecular weight excluding hydrogens is 370 g/mol. The zero-order valence-corrected chi connectivity index (χ0v) is 15.7. The molecule has 0 spiro atoms. The molecule has 0 radical (unpaired) electrons. The van der Waals surface area contributed by atoms with E-state index in [1.807, 2.05) is 30.3 Å². The van der Waals surface area contributed by atoms with Gasteiger partial charge in [0.15, 0.2) is 5.78 Å². The molecule has 0 unspecified atom stereocenters. The number of carbonyl (C=O) groups is 1. The van der Waals surface area contributed by atoms with Crippen LogP contribution in [0.2, 0.25) is 0 Å². The second-order valence-corrected chi connectivity index (χ2v) is 8.07. The molecule has 0 aromatic heterocycles. The monoisotopic (exact) mass is 387 g/mol. The lowest BCUT2D eigenvalue weighted by Crippen LogP contribution is -2.13. The predicted octanol–water partition coefficient (Wildman–Crippen LogP) is 4.87. The zero-order valence-electron chi connectivity index (χ0n) is 14.9. The van der Waals surface area contributed by atoms with Gasteiger partial charge in [0.1, 0.15) is 0 Å². The Kier molecular flexibility index (Phi) is 4.67. The fourth-order valence-electron chi connectivity index (χ4n) is 2.99. The van der Waals surface area contributed by atoms with Crippen LogP contribution in [0, 0.1) is 0 Å². The molecule has 28 heavy (non-hydrogen) atoms. The van der Waals surface area contributed by atoms with Crippen LogP contribution in [0.5, 0.6) is 0 Å². The molecule has 4 rings (SSSR count). The van der Waals surface area contributed by atoms with Crippen LogP contribution in [0.1, 0.15) is 15.9 Å². The fraction of sp³-hybridized carbons (Fsp3) is 0. The number of fused-ring (bicyclic) bond motifs is 1. The Morgan fingerprint density at radius 2 is 1.25 bits per heavy atom. The number of carbonyl (C=O) groups excluding carboxylic acids is 1. The number of nitrogens with one attached hydrogen (secondary N) is 1. The first kappa shape index (κ1) is 17.9. The van der Waals surface area contributed by atoms with Gasteiger partial charge in [0.2, 0.25) is 0 Å². The fourth-order valence-corrected chi connectivity index (χ4v) is 4.09. The van der Waals surface area contributed by atoms with Gasteiger partial charge in [0.25, 0.3) is 10.0 Å². The molecule has 0 aliphatic rings. The van der Waals surface area contributed by atoms with Gasteiger partial charge < -0.3 is 0 Å². The highest BCUT2D eigenvalue weighted by atomic mass is 32.2. The average molecular weight is 387 g/mol. The maximum absolute atomic E-state index is 12.7. The molecule has 0 fully saturated rings. The van der Waals surface area contributed by atoms with Crippen LogP contribution < -0.4 is 4.72 Å². The summed E-state index contributed by atoms with van der Waals surface area (Å²) in [5.74, 6) is -0.107. The highest BCUT2D eigenvalue weighted by Gasteiger charge is 2.15. The van der Waals surface area contributed by atoms with Gasteiger partial charge in [-0.25, -0.2) is 8.42 Å². The van der Waals surface area contributed by atoms with Crippen molar-refractivity contribution in [1.82, 2.24) is 0 Å². The van der Waals surface area contributed by atoms with Gasteiger partial charge in [0.05, 0.1) is 4.90 Å². The van der Waals surface area contributed by atoms with Crippen LogP contribution in [0.4, 0.5) is 5.69 Å². The van der Waals surface area contributed by atoms with Gasteiger partial charge in [-0.1, -0.05) is 60.7 Å². The van der Waals surface area contributed by atoms with Gasteiger partial charge in [-0.05, 0) is 47.2 Å². The van der Waals surface area contributed by atoms with E-state index in [9.17, 15) is 13.2 Å². The molecule has 4 aromatic carbocycles. The first-order valence-corrected chi connectivity index (χ1v) is 10.2. The summed E-state index contributed by atoms with van der Waals surface area (Å²) in [6, 6.07) is 28.0. The molecule has 4 nitrogen and oxygen atoms in total. The maximum atomic E-state index is 12.7. The van der Waals surface area contributed by atoms with Gasteiger partial charge in [-0.2, -0.15) is 0 Å². The molecule has 0 aliphatic heterocycles. The van der Waals surface area contributed by atoms with E-state index in [2.05, 4.69) is 4.72 Å². The topological polar surface area (TPSA) is 63.2 Å². The summed E-state index contributed by atoms with van der Waals surface area (Å²) in [4.78, 5) is 12.6. The van der Waals surface area contributed by atoms with Crippen LogP contribution in [0.15, 0.2) is 102 Å². The second kappa shape index (κ2) is 7.29. The number of hydrogen-bond acceptors (Lipinski definition) is 3. The van der Waals surface area contributed by atoms with Crippen molar-refractivity contribution in [3.8, 4) is 0 Å². The van der Waals surface area contributed by atoms with Crippen molar-refractivity contribution in [2.24, 2.45) is 0 Å². The first-order chi connectivity index (χ1) is 13.5. The van der Waals surface area contributed by atoms with Crippen molar-refractivity contribution < 1.29 is 13.2 Å². The van der Waals surface area contributed by atoms with Crippen LogP contribution in [0.3, 0.4) is 0 Å². The second-order valence-electron chi connectivity index (χ2n) is 6.39. The average Bonchev–Trinajstić information content (AvgIpc) is 2.74. The Morgan fingerprint density at radius 1 is 0.643 bits per heavy atom. The van der Waals surface area contributed by atoms with Crippen LogP contribution in [-0.4, -0.2) is 14.2 Å². The van der Waals surface area contributed by atoms with Crippen molar-refractivity contribution in [1.29, 1.82) is 0 Å². The lowest BCUT2D eigenvalue weighted by molar-refractivity contribution is 0.103. The molecule has 0 amide bonds. The predicted molar refractivity (Wildman–Crippen MR) is 111 cm³/mol. The molecule has 5 heteroatoms. The third kappa shape index (κ3) is 3.66. The van der Waals surface area contributed by atoms with Crippen LogP contribution in [0.25, 0.3) is 10.8 Å². The van der Waals surface area contributed by atoms with E-state index in [0.717, 1.165) is 10.8 Å². The Hall–Kier alpha value is -3.44. The van der Waals surface area contributed by atoms with Crippen molar-refractivity contribution in [3.05, 3.63) is 108 Å².